The van der Waals surface area contributed by atoms with Crippen LogP contribution < -0.4 is 0 Å². The zero-order valence-electron chi connectivity index (χ0n) is 12.4. The Morgan fingerprint density at radius 2 is 1.80 bits per heavy atom. The minimum atomic E-state index is -0.456. The van der Waals surface area contributed by atoms with Gasteiger partial charge in [-0.3, -0.25) is 4.79 Å². The van der Waals surface area contributed by atoms with Crippen molar-refractivity contribution in [1.29, 1.82) is 0 Å². The second kappa shape index (κ2) is 5.92. The largest absolute Gasteiger partial charge is 0.444 e. The number of nitrogens with zero attached hydrogens (tertiary/aromatic N) is 2. The van der Waals surface area contributed by atoms with E-state index in [4.69, 9.17) is 4.74 Å². The molecule has 0 aromatic heterocycles. The van der Waals surface area contributed by atoms with Gasteiger partial charge in [0.25, 0.3) is 0 Å². The van der Waals surface area contributed by atoms with Crippen LogP contribution >= 0.6 is 15.9 Å². The molecule has 2 aliphatic heterocycles. The third-order valence-corrected chi connectivity index (χ3v) is 4.58. The first-order valence-corrected chi connectivity index (χ1v) is 8.12. The Bertz CT molecular complexity index is 386. The van der Waals surface area contributed by atoms with Gasteiger partial charge in [0.1, 0.15) is 5.60 Å². The second-order valence-electron chi connectivity index (χ2n) is 6.49. The van der Waals surface area contributed by atoms with Crippen LogP contribution in [-0.2, 0) is 9.53 Å². The average Bonchev–Trinajstić information content (AvgIpc) is 2.68. The molecule has 0 spiro atoms. The van der Waals surface area contributed by atoms with Crippen LogP contribution in [0.15, 0.2) is 0 Å². The zero-order valence-corrected chi connectivity index (χ0v) is 14.0. The number of rotatable bonds is 1. The first-order valence-electron chi connectivity index (χ1n) is 7.20. The van der Waals surface area contributed by atoms with Gasteiger partial charge in [0.2, 0.25) is 5.91 Å². The maximum absolute atomic E-state index is 12.0. The molecule has 0 N–H and O–H groups in total. The highest BCUT2D eigenvalue weighted by Crippen LogP contribution is 2.26. The number of carbonyl (C=O) groups is 2. The SMILES string of the molecule is CC(C)(C)OC(=O)N1CCC(N2CC[C@@H](Br)C2=O)CC1. The van der Waals surface area contributed by atoms with Gasteiger partial charge in [-0.25, -0.2) is 4.79 Å². The monoisotopic (exact) mass is 346 g/mol. The number of amides is 2. The van der Waals surface area contributed by atoms with Crippen LogP contribution in [0.4, 0.5) is 4.79 Å². The van der Waals surface area contributed by atoms with E-state index in [2.05, 4.69) is 15.9 Å². The number of hydrogen-bond acceptors (Lipinski definition) is 3. The molecule has 5 nitrogen and oxygen atoms in total. The van der Waals surface area contributed by atoms with Gasteiger partial charge in [0.05, 0.1) is 4.83 Å². The quantitative estimate of drug-likeness (QED) is 0.685. The highest BCUT2D eigenvalue weighted by atomic mass is 79.9. The molecule has 0 unspecified atom stereocenters. The van der Waals surface area contributed by atoms with E-state index < -0.39 is 5.60 Å². The van der Waals surface area contributed by atoms with Crippen LogP contribution in [0.3, 0.4) is 0 Å². The lowest BCUT2D eigenvalue weighted by Crippen LogP contribution is -2.48. The standard InChI is InChI=1S/C14H23BrN2O3/c1-14(2,3)20-13(19)16-7-4-10(5-8-16)17-9-6-11(15)12(17)18/h10-11H,4-9H2,1-3H3/t11-/m1/s1. The number of ether oxygens (including phenoxy) is 1. The fourth-order valence-electron chi connectivity index (χ4n) is 2.72. The third-order valence-electron chi connectivity index (χ3n) is 3.73. The summed E-state index contributed by atoms with van der Waals surface area (Å²) in [6.07, 6.45) is 2.31. The molecule has 0 aromatic rings. The first-order chi connectivity index (χ1) is 9.28. The van der Waals surface area contributed by atoms with Crippen molar-refractivity contribution in [2.24, 2.45) is 0 Å². The Labute approximate surface area is 128 Å². The molecule has 2 amide bonds. The topological polar surface area (TPSA) is 49.9 Å². The Kier molecular flexibility index (Phi) is 4.62. The van der Waals surface area contributed by atoms with E-state index in [0.29, 0.717) is 13.1 Å². The first kappa shape index (κ1) is 15.6. The van der Waals surface area contributed by atoms with E-state index in [1.807, 2.05) is 25.7 Å². The summed E-state index contributed by atoms with van der Waals surface area (Å²) >= 11 is 3.40. The van der Waals surface area contributed by atoms with Crippen LogP contribution in [-0.4, -0.2) is 57.9 Å². The molecule has 2 fully saturated rings. The molecule has 6 heteroatoms. The minimum absolute atomic E-state index is 0.0219. The van der Waals surface area contributed by atoms with Gasteiger partial charge in [-0.05, 0) is 40.0 Å². The summed E-state index contributed by atoms with van der Waals surface area (Å²) in [4.78, 5) is 27.6. The summed E-state index contributed by atoms with van der Waals surface area (Å²) in [5.74, 6) is 0.195. The molecule has 2 rings (SSSR count). The number of likely N-dealkylation sites (tertiary alicyclic amines) is 2. The highest BCUT2D eigenvalue weighted by Gasteiger charge is 2.36. The van der Waals surface area contributed by atoms with E-state index in [-0.39, 0.29) is 22.9 Å². The molecular weight excluding hydrogens is 324 g/mol. The maximum Gasteiger partial charge on any atom is 0.410 e. The summed E-state index contributed by atoms with van der Waals surface area (Å²) < 4.78 is 5.38. The third kappa shape index (κ3) is 3.65. The molecule has 0 radical (unpaired) electrons. The van der Waals surface area contributed by atoms with Gasteiger partial charge in [-0.15, -0.1) is 0 Å². The van der Waals surface area contributed by atoms with Gasteiger partial charge in [-0.1, -0.05) is 15.9 Å². The molecule has 0 saturated carbocycles. The van der Waals surface area contributed by atoms with Crippen LogP contribution in [0.1, 0.15) is 40.0 Å². The van der Waals surface area contributed by atoms with Crippen molar-refractivity contribution >= 4 is 27.9 Å². The maximum atomic E-state index is 12.0. The smallest absolute Gasteiger partial charge is 0.410 e. The van der Waals surface area contributed by atoms with Gasteiger partial charge < -0.3 is 14.5 Å². The Hall–Kier alpha value is -0.780. The summed E-state index contributed by atoms with van der Waals surface area (Å²) in [5, 5.41) is 0. The van der Waals surface area contributed by atoms with E-state index >= 15 is 0 Å². The summed E-state index contributed by atoms with van der Waals surface area (Å²) in [5.41, 5.74) is -0.456. The highest BCUT2D eigenvalue weighted by molar-refractivity contribution is 9.10. The van der Waals surface area contributed by atoms with Crippen molar-refractivity contribution in [2.45, 2.75) is 56.5 Å². The molecule has 0 aliphatic carbocycles. The predicted octanol–water partition coefficient (Wildman–Crippen LogP) is 2.38. The fraction of sp³-hybridized carbons (Fsp3) is 0.857. The van der Waals surface area contributed by atoms with Gasteiger partial charge in [0, 0.05) is 25.7 Å². The number of alkyl halides is 1. The molecule has 2 saturated heterocycles. The van der Waals surface area contributed by atoms with Gasteiger partial charge in [-0.2, -0.15) is 0 Å². The number of hydrogen-bond donors (Lipinski definition) is 0. The summed E-state index contributed by atoms with van der Waals surface area (Å²) in [6.45, 7) is 7.77. The van der Waals surface area contributed by atoms with Crippen molar-refractivity contribution in [3.8, 4) is 0 Å². The van der Waals surface area contributed by atoms with E-state index in [1.165, 1.54) is 0 Å². The van der Waals surface area contributed by atoms with Crippen LogP contribution in [0.5, 0.6) is 0 Å². The summed E-state index contributed by atoms with van der Waals surface area (Å²) in [7, 11) is 0. The number of piperidine rings is 1. The molecule has 0 aromatic carbocycles. The van der Waals surface area contributed by atoms with E-state index in [9.17, 15) is 9.59 Å². The lowest BCUT2D eigenvalue weighted by molar-refractivity contribution is -0.129. The molecular formula is C14H23BrN2O3. The van der Waals surface area contributed by atoms with Gasteiger partial charge >= 0.3 is 6.09 Å². The molecule has 2 aliphatic rings. The molecule has 0 bridgehead atoms. The molecule has 2 heterocycles. The van der Waals surface area contributed by atoms with Crippen LogP contribution in [0, 0.1) is 0 Å². The lowest BCUT2D eigenvalue weighted by atomic mass is 10.0. The van der Waals surface area contributed by atoms with Crippen molar-refractivity contribution in [3.05, 3.63) is 0 Å². The number of halogens is 1. The van der Waals surface area contributed by atoms with E-state index in [0.717, 1.165) is 25.8 Å². The Morgan fingerprint density at radius 3 is 2.25 bits per heavy atom. The molecule has 114 valence electrons. The molecule has 20 heavy (non-hydrogen) atoms. The predicted molar refractivity (Wildman–Crippen MR) is 79.9 cm³/mol. The van der Waals surface area contributed by atoms with Gasteiger partial charge in [0.15, 0.2) is 0 Å². The Morgan fingerprint density at radius 1 is 1.20 bits per heavy atom. The minimum Gasteiger partial charge on any atom is -0.444 e. The van der Waals surface area contributed by atoms with Crippen molar-refractivity contribution < 1.29 is 14.3 Å². The average molecular weight is 347 g/mol. The van der Waals surface area contributed by atoms with Crippen molar-refractivity contribution in [2.75, 3.05) is 19.6 Å². The fourth-order valence-corrected chi connectivity index (χ4v) is 3.18. The number of carbonyl (C=O) groups excluding carboxylic acids is 2. The Balaban J connectivity index is 1.84. The second-order valence-corrected chi connectivity index (χ2v) is 7.59. The molecule has 1 atom stereocenters. The van der Waals surface area contributed by atoms with Crippen molar-refractivity contribution in [1.82, 2.24) is 9.80 Å². The van der Waals surface area contributed by atoms with Crippen LogP contribution in [0.25, 0.3) is 0 Å². The van der Waals surface area contributed by atoms with Crippen LogP contribution in [0.2, 0.25) is 0 Å². The van der Waals surface area contributed by atoms with Crippen molar-refractivity contribution in [3.63, 3.8) is 0 Å². The zero-order chi connectivity index (χ0) is 14.9. The normalized spacial score (nSPS) is 25.2. The van der Waals surface area contributed by atoms with E-state index in [1.54, 1.807) is 4.90 Å². The lowest BCUT2D eigenvalue weighted by Gasteiger charge is -2.37. The summed E-state index contributed by atoms with van der Waals surface area (Å²) in [6, 6.07) is 0.267.